The first-order valence-electron chi connectivity index (χ1n) is 14.1. The third kappa shape index (κ3) is 2.55. The number of amides is 1. The van der Waals surface area contributed by atoms with Gasteiger partial charge in [0.2, 0.25) is 5.91 Å². The van der Waals surface area contributed by atoms with E-state index in [1.165, 1.54) is 38.5 Å². The molecule has 12 atom stereocenters. The van der Waals surface area contributed by atoms with Crippen LogP contribution < -0.4 is 5.32 Å². The summed E-state index contributed by atoms with van der Waals surface area (Å²) in [6, 6.07) is 0. The van der Waals surface area contributed by atoms with Crippen LogP contribution in [0.3, 0.4) is 0 Å². The zero-order valence-corrected chi connectivity index (χ0v) is 22.2. The highest BCUT2D eigenvalue weighted by Gasteiger charge is 2.84. The Morgan fingerprint density at radius 1 is 1.00 bits per heavy atom. The van der Waals surface area contributed by atoms with Crippen LogP contribution in [0.1, 0.15) is 92.9 Å². The summed E-state index contributed by atoms with van der Waals surface area (Å²) in [5.41, 5.74) is 0.634. The number of rotatable bonds is 2. The average Bonchev–Trinajstić information content (AvgIpc) is 3.40. The molecule has 34 heavy (non-hydrogen) atoms. The smallest absolute Gasteiger partial charge is 0.216 e. The second kappa shape index (κ2) is 7.01. The van der Waals surface area contributed by atoms with Crippen molar-refractivity contribution in [2.24, 2.45) is 50.7 Å². The normalized spacial score (nSPS) is 59.1. The third-order valence-electron chi connectivity index (χ3n) is 13.4. The van der Waals surface area contributed by atoms with Crippen LogP contribution in [0.4, 0.5) is 0 Å². The number of carbonyl (C=O) groups excluding carboxylic acids is 1. The monoisotopic (exact) mass is 473 g/mol. The van der Waals surface area contributed by atoms with E-state index in [1.807, 2.05) is 0 Å². The van der Waals surface area contributed by atoms with E-state index in [1.54, 1.807) is 6.92 Å². The summed E-state index contributed by atoms with van der Waals surface area (Å²) >= 11 is 0. The molecule has 12 unspecified atom stereocenters. The Hall–Kier alpha value is -0.650. The second-order valence-corrected chi connectivity index (χ2v) is 14.6. The van der Waals surface area contributed by atoms with Gasteiger partial charge in [0.1, 0.15) is 0 Å². The van der Waals surface area contributed by atoms with Crippen molar-refractivity contribution in [1.82, 2.24) is 5.32 Å². The average molecular weight is 474 g/mol. The highest BCUT2D eigenvalue weighted by atomic mass is 16.5. The number of hydrogen-bond acceptors (Lipinski definition) is 4. The molecule has 1 aliphatic heterocycles. The molecule has 6 rings (SSSR count). The Morgan fingerprint density at radius 2 is 1.68 bits per heavy atom. The molecule has 0 bridgehead atoms. The fourth-order valence-corrected chi connectivity index (χ4v) is 11.8. The van der Waals surface area contributed by atoms with E-state index >= 15 is 0 Å². The van der Waals surface area contributed by atoms with Crippen LogP contribution in [0, 0.1) is 50.7 Å². The molecule has 5 saturated carbocycles. The Morgan fingerprint density at radius 3 is 2.38 bits per heavy atom. The Kier molecular flexibility index (Phi) is 4.89. The van der Waals surface area contributed by atoms with Gasteiger partial charge in [-0.1, -0.05) is 34.6 Å². The van der Waals surface area contributed by atoms with Crippen LogP contribution >= 0.6 is 0 Å². The van der Waals surface area contributed by atoms with Gasteiger partial charge in [-0.3, -0.25) is 4.79 Å². The number of aliphatic hydroxyl groups is 2. The first-order valence-corrected chi connectivity index (χ1v) is 14.1. The van der Waals surface area contributed by atoms with E-state index in [-0.39, 0.29) is 40.5 Å². The molecule has 0 aromatic carbocycles. The molecule has 192 valence electrons. The third-order valence-corrected chi connectivity index (χ3v) is 13.4. The minimum absolute atomic E-state index is 0.00872. The maximum atomic E-state index is 12.1. The Labute approximate surface area is 205 Å². The molecule has 1 saturated heterocycles. The van der Waals surface area contributed by atoms with Crippen molar-refractivity contribution in [1.29, 1.82) is 0 Å². The van der Waals surface area contributed by atoms with Crippen LogP contribution in [-0.4, -0.2) is 47.1 Å². The van der Waals surface area contributed by atoms with Crippen LogP contribution in [0.2, 0.25) is 0 Å². The maximum absolute atomic E-state index is 12.1. The lowest BCUT2D eigenvalue weighted by molar-refractivity contribution is -0.182. The van der Waals surface area contributed by atoms with Crippen molar-refractivity contribution in [2.75, 3.05) is 6.54 Å². The standard InChI is InChI=1S/C29H47NO4/c1-16-13-18(14-30-17(2)31)34-23-22(16)26(5)11-12-29-15-28(29)10-9-21(32)25(3,4)19(28)7-8-20(29)27(26,6)24(23)33/h16,18-24,32-33H,7-15H2,1-6H3,(H,30,31). The highest BCUT2D eigenvalue weighted by Crippen LogP contribution is 2.89. The van der Waals surface area contributed by atoms with Gasteiger partial charge in [0, 0.05) is 18.9 Å². The van der Waals surface area contributed by atoms with E-state index in [4.69, 9.17) is 4.74 Å². The number of aliphatic hydroxyl groups excluding tert-OH is 2. The van der Waals surface area contributed by atoms with Crippen molar-refractivity contribution in [3.05, 3.63) is 0 Å². The summed E-state index contributed by atoms with van der Waals surface area (Å²) in [5, 5.41) is 25.9. The lowest BCUT2D eigenvalue weighted by Gasteiger charge is -2.63. The first kappa shape index (κ1) is 23.7. The largest absolute Gasteiger partial charge is 0.393 e. The first-order chi connectivity index (χ1) is 15.8. The molecule has 0 aromatic rings. The summed E-state index contributed by atoms with van der Waals surface area (Å²) in [6.45, 7) is 14.0. The van der Waals surface area contributed by atoms with Gasteiger partial charge in [-0.25, -0.2) is 0 Å². The summed E-state index contributed by atoms with van der Waals surface area (Å²) < 4.78 is 6.65. The van der Waals surface area contributed by atoms with Crippen molar-refractivity contribution in [3.63, 3.8) is 0 Å². The van der Waals surface area contributed by atoms with Crippen molar-refractivity contribution < 1.29 is 19.7 Å². The molecular formula is C29H47NO4. The molecule has 3 N–H and O–H groups in total. The van der Waals surface area contributed by atoms with Crippen LogP contribution in [0.25, 0.3) is 0 Å². The number of hydrogen-bond donors (Lipinski definition) is 3. The zero-order chi connectivity index (χ0) is 24.5. The fraction of sp³-hybridized carbons (Fsp3) is 0.966. The molecule has 0 radical (unpaired) electrons. The molecule has 1 heterocycles. The van der Waals surface area contributed by atoms with Gasteiger partial charge in [0.05, 0.1) is 24.4 Å². The lowest BCUT2D eigenvalue weighted by atomic mass is 9.41. The zero-order valence-electron chi connectivity index (χ0n) is 22.2. The Balaban J connectivity index is 1.34. The second-order valence-electron chi connectivity index (χ2n) is 14.6. The quantitative estimate of drug-likeness (QED) is 0.559. The van der Waals surface area contributed by atoms with E-state index in [0.29, 0.717) is 41.0 Å². The summed E-state index contributed by atoms with van der Waals surface area (Å²) in [5.74, 6) is 1.96. The van der Waals surface area contributed by atoms with Crippen LogP contribution in [-0.2, 0) is 9.53 Å². The molecule has 6 aliphatic rings. The lowest BCUT2D eigenvalue weighted by Crippen LogP contribution is -2.59. The van der Waals surface area contributed by atoms with Gasteiger partial charge in [-0.2, -0.15) is 0 Å². The predicted octanol–water partition coefficient (Wildman–Crippen LogP) is 4.30. The van der Waals surface area contributed by atoms with Gasteiger partial charge in [-0.05, 0) is 96.7 Å². The summed E-state index contributed by atoms with van der Waals surface area (Å²) in [4.78, 5) is 11.5. The molecule has 5 aliphatic carbocycles. The van der Waals surface area contributed by atoms with E-state index < -0.39 is 6.10 Å². The summed E-state index contributed by atoms with van der Waals surface area (Å²) in [7, 11) is 0. The topological polar surface area (TPSA) is 78.8 Å². The molecule has 6 fully saturated rings. The minimum atomic E-state index is -0.455. The van der Waals surface area contributed by atoms with Gasteiger partial charge in [0.25, 0.3) is 0 Å². The molecule has 5 heteroatoms. The van der Waals surface area contributed by atoms with Crippen molar-refractivity contribution in [3.8, 4) is 0 Å². The van der Waals surface area contributed by atoms with Crippen LogP contribution in [0.5, 0.6) is 0 Å². The Bertz CT molecular complexity index is 889. The van der Waals surface area contributed by atoms with E-state index in [9.17, 15) is 15.0 Å². The van der Waals surface area contributed by atoms with E-state index in [0.717, 1.165) is 12.8 Å². The van der Waals surface area contributed by atoms with Gasteiger partial charge >= 0.3 is 0 Å². The van der Waals surface area contributed by atoms with Crippen LogP contribution in [0.15, 0.2) is 0 Å². The fourth-order valence-electron chi connectivity index (χ4n) is 11.8. The van der Waals surface area contributed by atoms with Gasteiger partial charge in [-0.15, -0.1) is 0 Å². The number of ether oxygens (including phenoxy) is 1. The van der Waals surface area contributed by atoms with Crippen molar-refractivity contribution in [2.45, 2.75) is 117 Å². The number of carbonyl (C=O) groups is 1. The summed E-state index contributed by atoms with van der Waals surface area (Å²) in [6.07, 6.45) is 8.40. The SMILES string of the molecule is CC(=O)NCC1CC(C)C2C(O1)C(O)C1(C)C3CCC4C(C)(C)C(O)CCC45CC35CCC21C. The molecule has 2 spiro atoms. The number of nitrogens with one attached hydrogen (secondary N) is 1. The number of fused-ring (bicyclic) bond motifs is 4. The minimum Gasteiger partial charge on any atom is -0.393 e. The molecule has 0 aromatic heterocycles. The van der Waals surface area contributed by atoms with Gasteiger partial charge < -0.3 is 20.3 Å². The highest BCUT2D eigenvalue weighted by molar-refractivity contribution is 5.72. The van der Waals surface area contributed by atoms with Crippen molar-refractivity contribution >= 4 is 5.91 Å². The van der Waals surface area contributed by atoms with E-state index in [2.05, 4.69) is 39.9 Å². The maximum Gasteiger partial charge on any atom is 0.216 e. The predicted molar refractivity (Wildman–Crippen MR) is 131 cm³/mol. The van der Waals surface area contributed by atoms with Gasteiger partial charge in [0.15, 0.2) is 0 Å². The molecular weight excluding hydrogens is 426 g/mol. The molecule has 1 amide bonds. The molecule has 5 nitrogen and oxygen atoms in total.